The molecule has 0 bridgehead atoms. The van der Waals surface area contributed by atoms with Crippen LogP contribution in [0, 0.1) is 10.1 Å². The van der Waals surface area contributed by atoms with E-state index >= 15 is 0 Å². The first-order chi connectivity index (χ1) is 13.0. The number of amides is 1. The molecule has 2 aromatic carbocycles. The molecule has 2 rings (SSSR count). The number of nitrogens with zero attached hydrogens (tertiary/aromatic N) is 1. The molecule has 0 aliphatic rings. The fraction of sp³-hybridized carbons (Fsp3) is 0.263. The van der Waals surface area contributed by atoms with Crippen LogP contribution in [0.5, 0.6) is 5.75 Å². The van der Waals surface area contributed by atoms with Crippen LogP contribution in [0.2, 0.25) is 0 Å². The maximum Gasteiger partial charge on any atom is 0.269 e. The number of ketones is 1. The Hall–Kier alpha value is -3.42. The summed E-state index contributed by atoms with van der Waals surface area (Å²) in [5.74, 6) is 0.302. The summed E-state index contributed by atoms with van der Waals surface area (Å²) in [6, 6.07) is 12.7. The number of nitro groups is 1. The van der Waals surface area contributed by atoms with Crippen LogP contribution >= 0.6 is 0 Å². The summed E-state index contributed by atoms with van der Waals surface area (Å²) >= 11 is 0. The van der Waals surface area contributed by atoms with Crippen molar-refractivity contribution < 1.29 is 19.2 Å². The maximum atomic E-state index is 11.8. The van der Waals surface area contributed by atoms with E-state index < -0.39 is 4.92 Å². The molecule has 0 unspecified atom stereocenters. The average molecular weight is 371 g/mol. The third-order valence-electron chi connectivity index (χ3n) is 3.72. The van der Waals surface area contributed by atoms with Crippen molar-refractivity contribution in [3.63, 3.8) is 0 Å². The predicted octanol–water partition coefficient (Wildman–Crippen LogP) is 2.79. The fourth-order valence-corrected chi connectivity index (χ4v) is 2.25. The Kier molecular flexibility index (Phi) is 7.30. The van der Waals surface area contributed by atoms with E-state index in [1.165, 1.54) is 12.1 Å². The zero-order valence-corrected chi connectivity index (χ0v) is 14.9. The van der Waals surface area contributed by atoms with E-state index in [0.29, 0.717) is 30.8 Å². The van der Waals surface area contributed by atoms with Gasteiger partial charge in [-0.05, 0) is 36.4 Å². The topological polar surface area (TPSA) is 111 Å². The SMILES string of the molecule is CCC(=O)c1ccc(OCC(=O)NCCNc2ccc([N+](=O)[O-])cc2)cc1. The standard InChI is InChI=1S/C19H21N3O5/c1-2-18(23)14-3-9-17(10-4-14)27-13-19(24)21-12-11-20-15-5-7-16(8-6-15)22(25)26/h3-10,20H,2,11-13H2,1H3,(H,21,24). The van der Waals surface area contributed by atoms with Crippen LogP contribution in [0.3, 0.4) is 0 Å². The highest BCUT2D eigenvalue weighted by Crippen LogP contribution is 2.15. The zero-order chi connectivity index (χ0) is 19.6. The van der Waals surface area contributed by atoms with Crippen LogP contribution in [0.4, 0.5) is 11.4 Å². The largest absolute Gasteiger partial charge is 0.484 e. The number of nitro benzene ring substituents is 1. The van der Waals surface area contributed by atoms with Crippen molar-refractivity contribution in [2.24, 2.45) is 0 Å². The number of rotatable bonds is 10. The van der Waals surface area contributed by atoms with Gasteiger partial charge in [-0.3, -0.25) is 19.7 Å². The lowest BCUT2D eigenvalue weighted by atomic mass is 10.1. The highest BCUT2D eigenvalue weighted by Gasteiger charge is 2.06. The molecule has 0 spiro atoms. The Labute approximate surface area is 156 Å². The van der Waals surface area contributed by atoms with E-state index in [2.05, 4.69) is 10.6 Å². The second-order valence-corrected chi connectivity index (χ2v) is 5.67. The first-order valence-electron chi connectivity index (χ1n) is 8.50. The first kappa shape index (κ1) is 19.9. The van der Waals surface area contributed by atoms with Gasteiger partial charge in [-0.1, -0.05) is 6.92 Å². The van der Waals surface area contributed by atoms with Crippen LogP contribution < -0.4 is 15.4 Å². The molecular weight excluding hydrogens is 350 g/mol. The van der Waals surface area contributed by atoms with Crippen molar-refractivity contribution >= 4 is 23.1 Å². The van der Waals surface area contributed by atoms with Gasteiger partial charge in [0.25, 0.3) is 11.6 Å². The number of non-ortho nitro benzene ring substituents is 1. The zero-order valence-electron chi connectivity index (χ0n) is 14.9. The number of Topliss-reactive ketones (excluding diaryl/α,β-unsaturated/α-hetero) is 1. The van der Waals surface area contributed by atoms with Gasteiger partial charge in [0, 0.05) is 42.9 Å². The van der Waals surface area contributed by atoms with Gasteiger partial charge in [0.1, 0.15) is 5.75 Å². The van der Waals surface area contributed by atoms with Crippen molar-refractivity contribution in [2.75, 3.05) is 25.0 Å². The molecule has 8 heteroatoms. The van der Waals surface area contributed by atoms with E-state index in [1.807, 2.05) is 0 Å². The first-order valence-corrected chi connectivity index (χ1v) is 8.50. The Morgan fingerprint density at radius 3 is 2.30 bits per heavy atom. The highest BCUT2D eigenvalue weighted by atomic mass is 16.6. The fourth-order valence-electron chi connectivity index (χ4n) is 2.25. The van der Waals surface area contributed by atoms with Gasteiger partial charge >= 0.3 is 0 Å². The van der Waals surface area contributed by atoms with E-state index in [-0.39, 0.29) is 24.0 Å². The lowest BCUT2D eigenvalue weighted by Gasteiger charge is -2.09. The molecular formula is C19H21N3O5. The Morgan fingerprint density at radius 2 is 1.70 bits per heavy atom. The summed E-state index contributed by atoms with van der Waals surface area (Å²) in [5.41, 5.74) is 1.37. The van der Waals surface area contributed by atoms with Gasteiger partial charge < -0.3 is 15.4 Å². The molecule has 0 aromatic heterocycles. The van der Waals surface area contributed by atoms with Crippen molar-refractivity contribution in [1.29, 1.82) is 0 Å². The number of anilines is 1. The number of benzene rings is 2. The molecule has 0 fully saturated rings. The third kappa shape index (κ3) is 6.43. The van der Waals surface area contributed by atoms with E-state index in [0.717, 1.165) is 5.69 Å². The van der Waals surface area contributed by atoms with Gasteiger partial charge in [0.2, 0.25) is 0 Å². The minimum atomic E-state index is -0.459. The van der Waals surface area contributed by atoms with E-state index in [1.54, 1.807) is 43.3 Å². The number of hydrogen-bond acceptors (Lipinski definition) is 6. The summed E-state index contributed by atoms with van der Waals surface area (Å²) in [7, 11) is 0. The molecule has 142 valence electrons. The van der Waals surface area contributed by atoms with Crippen molar-refractivity contribution in [2.45, 2.75) is 13.3 Å². The van der Waals surface area contributed by atoms with Gasteiger partial charge in [-0.25, -0.2) is 0 Å². The second kappa shape index (κ2) is 9.91. The van der Waals surface area contributed by atoms with Crippen LogP contribution in [-0.4, -0.2) is 36.3 Å². The van der Waals surface area contributed by atoms with Crippen molar-refractivity contribution in [3.05, 3.63) is 64.2 Å². The number of carbonyl (C=O) groups excluding carboxylic acids is 2. The van der Waals surface area contributed by atoms with Crippen molar-refractivity contribution in [3.8, 4) is 5.75 Å². The van der Waals surface area contributed by atoms with Crippen LogP contribution in [-0.2, 0) is 4.79 Å². The number of carbonyl (C=O) groups is 2. The van der Waals surface area contributed by atoms with Gasteiger partial charge in [0.15, 0.2) is 12.4 Å². The number of ether oxygens (including phenoxy) is 1. The second-order valence-electron chi connectivity index (χ2n) is 5.67. The lowest BCUT2D eigenvalue weighted by molar-refractivity contribution is -0.384. The molecule has 27 heavy (non-hydrogen) atoms. The Morgan fingerprint density at radius 1 is 1.04 bits per heavy atom. The summed E-state index contributed by atoms with van der Waals surface area (Å²) in [4.78, 5) is 33.4. The molecule has 1 amide bonds. The molecule has 0 aliphatic carbocycles. The van der Waals surface area contributed by atoms with Gasteiger partial charge in [-0.15, -0.1) is 0 Å². The average Bonchev–Trinajstić information content (AvgIpc) is 2.69. The molecule has 2 N–H and O–H groups in total. The van der Waals surface area contributed by atoms with E-state index in [9.17, 15) is 19.7 Å². The lowest BCUT2D eigenvalue weighted by Crippen LogP contribution is -2.32. The summed E-state index contributed by atoms with van der Waals surface area (Å²) in [5, 5.41) is 16.3. The molecule has 0 aliphatic heterocycles. The summed E-state index contributed by atoms with van der Waals surface area (Å²) in [6.45, 7) is 2.52. The molecule has 8 nitrogen and oxygen atoms in total. The highest BCUT2D eigenvalue weighted by molar-refractivity contribution is 5.95. The molecule has 0 radical (unpaired) electrons. The monoisotopic (exact) mass is 371 g/mol. The molecule has 0 saturated carbocycles. The Balaban J connectivity index is 1.66. The minimum Gasteiger partial charge on any atom is -0.484 e. The van der Waals surface area contributed by atoms with Crippen molar-refractivity contribution in [1.82, 2.24) is 5.32 Å². The summed E-state index contributed by atoms with van der Waals surface area (Å²) in [6.07, 6.45) is 0.441. The molecule has 0 heterocycles. The summed E-state index contributed by atoms with van der Waals surface area (Å²) < 4.78 is 5.38. The van der Waals surface area contributed by atoms with Crippen LogP contribution in [0.15, 0.2) is 48.5 Å². The maximum absolute atomic E-state index is 11.8. The van der Waals surface area contributed by atoms with Crippen LogP contribution in [0.25, 0.3) is 0 Å². The number of hydrogen-bond donors (Lipinski definition) is 2. The molecule has 0 saturated heterocycles. The predicted molar refractivity (Wildman–Crippen MR) is 101 cm³/mol. The van der Waals surface area contributed by atoms with E-state index in [4.69, 9.17) is 4.74 Å². The van der Waals surface area contributed by atoms with Gasteiger partial charge in [-0.2, -0.15) is 0 Å². The Bertz CT molecular complexity index is 788. The van der Waals surface area contributed by atoms with Gasteiger partial charge in [0.05, 0.1) is 4.92 Å². The normalized spacial score (nSPS) is 10.1. The molecule has 2 aromatic rings. The quantitative estimate of drug-likeness (QED) is 0.288. The van der Waals surface area contributed by atoms with Crippen LogP contribution in [0.1, 0.15) is 23.7 Å². The third-order valence-corrected chi connectivity index (χ3v) is 3.72. The number of nitrogens with one attached hydrogen (secondary N) is 2. The molecule has 0 atom stereocenters. The minimum absolute atomic E-state index is 0.0260. The smallest absolute Gasteiger partial charge is 0.269 e.